The lowest BCUT2D eigenvalue weighted by Gasteiger charge is -2.12. The molecule has 3 heteroatoms. The number of hydrogen-bond acceptors (Lipinski definition) is 1. The van der Waals surface area contributed by atoms with E-state index in [4.69, 9.17) is 5.11 Å². The first kappa shape index (κ1) is 10.1. The second-order valence-electron chi connectivity index (χ2n) is 4.07. The predicted octanol–water partition coefficient (Wildman–Crippen LogP) is 2.90. The Labute approximate surface area is 91.1 Å². The van der Waals surface area contributed by atoms with E-state index in [-0.39, 0.29) is 17.8 Å². The Morgan fingerprint density at radius 2 is 2.14 bits per heavy atom. The van der Waals surface area contributed by atoms with Gasteiger partial charge in [-0.05, 0) is 48.4 Å². The molecule has 0 unspecified atom stereocenters. The van der Waals surface area contributed by atoms with Crippen LogP contribution < -0.4 is 0 Å². The first-order chi connectivity index (χ1) is 6.65. The van der Waals surface area contributed by atoms with E-state index < -0.39 is 0 Å². The summed E-state index contributed by atoms with van der Waals surface area (Å²) in [4.78, 5) is 0. The summed E-state index contributed by atoms with van der Waals surface area (Å²) in [6, 6.07) is 4.70. The van der Waals surface area contributed by atoms with Crippen molar-refractivity contribution in [2.45, 2.75) is 19.3 Å². The molecule has 0 spiro atoms. The summed E-state index contributed by atoms with van der Waals surface area (Å²) >= 11 is 3.39. The molecule has 1 aliphatic rings. The van der Waals surface area contributed by atoms with Crippen molar-refractivity contribution in [3.05, 3.63) is 34.1 Å². The number of rotatable bonds is 3. The zero-order valence-corrected chi connectivity index (χ0v) is 9.35. The molecule has 0 aromatic heterocycles. The lowest BCUT2D eigenvalue weighted by atomic mass is 9.97. The van der Waals surface area contributed by atoms with Crippen LogP contribution in [0.5, 0.6) is 0 Å². The van der Waals surface area contributed by atoms with E-state index in [1.165, 1.54) is 6.07 Å². The van der Waals surface area contributed by atoms with E-state index in [0.717, 1.165) is 29.3 Å². The van der Waals surface area contributed by atoms with Gasteiger partial charge in [0.2, 0.25) is 0 Å². The molecule has 1 fully saturated rings. The maximum Gasteiger partial charge on any atom is 0.123 e. The molecule has 1 saturated carbocycles. The van der Waals surface area contributed by atoms with Gasteiger partial charge < -0.3 is 5.11 Å². The van der Waals surface area contributed by atoms with E-state index in [1.807, 2.05) is 0 Å². The first-order valence-corrected chi connectivity index (χ1v) is 5.49. The number of halogens is 2. The molecule has 1 nitrogen and oxygen atoms in total. The van der Waals surface area contributed by atoms with Gasteiger partial charge in [-0.3, -0.25) is 0 Å². The van der Waals surface area contributed by atoms with Gasteiger partial charge in [-0.15, -0.1) is 0 Å². The van der Waals surface area contributed by atoms with Crippen LogP contribution in [-0.2, 0) is 6.42 Å². The molecular weight excluding hydrogens is 247 g/mol. The van der Waals surface area contributed by atoms with E-state index in [1.54, 1.807) is 12.1 Å². The Kier molecular flexibility index (Phi) is 2.62. The van der Waals surface area contributed by atoms with Crippen LogP contribution in [0.15, 0.2) is 22.7 Å². The quantitative estimate of drug-likeness (QED) is 0.884. The van der Waals surface area contributed by atoms with Crippen molar-refractivity contribution in [3.63, 3.8) is 0 Å². The van der Waals surface area contributed by atoms with Crippen LogP contribution in [0.1, 0.15) is 18.4 Å². The highest BCUT2D eigenvalue weighted by Crippen LogP contribution is 2.48. The molecule has 0 bridgehead atoms. The van der Waals surface area contributed by atoms with Gasteiger partial charge in [0.1, 0.15) is 5.82 Å². The zero-order chi connectivity index (χ0) is 10.2. The predicted molar refractivity (Wildman–Crippen MR) is 56.6 cm³/mol. The summed E-state index contributed by atoms with van der Waals surface area (Å²) < 4.78 is 13.9. The minimum absolute atomic E-state index is 0.0380. The maximum absolute atomic E-state index is 13.0. The van der Waals surface area contributed by atoms with Gasteiger partial charge in [0.25, 0.3) is 0 Å². The van der Waals surface area contributed by atoms with Crippen molar-refractivity contribution >= 4 is 15.9 Å². The Balaban J connectivity index is 2.20. The normalized spacial score (nSPS) is 18.2. The second kappa shape index (κ2) is 3.63. The standard InChI is InChI=1S/C11H12BrFO/c12-10-2-1-9(13)5-8(10)6-11(7-14)3-4-11/h1-2,5,14H,3-4,6-7H2. The third kappa shape index (κ3) is 1.98. The Bertz CT molecular complexity index is 347. The maximum atomic E-state index is 13.0. The molecule has 0 heterocycles. The second-order valence-corrected chi connectivity index (χ2v) is 4.92. The molecule has 1 aromatic carbocycles. The topological polar surface area (TPSA) is 20.2 Å². The highest BCUT2D eigenvalue weighted by molar-refractivity contribution is 9.10. The molecule has 0 atom stereocenters. The fourth-order valence-electron chi connectivity index (χ4n) is 1.65. The average molecular weight is 259 g/mol. The van der Waals surface area contributed by atoms with E-state index in [0.29, 0.717) is 0 Å². The van der Waals surface area contributed by atoms with Gasteiger partial charge >= 0.3 is 0 Å². The van der Waals surface area contributed by atoms with Crippen LogP contribution in [0.25, 0.3) is 0 Å². The lowest BCUT2D eigenvalue weighted by Crippen LogP contribution is -2.10. The molecule has 1 N–H and O–H groups in total. The molecule has 0 saturated heterocycles. The molecule has 0 aliphatic heterocycles. The van der Waals surface area contributed by atoms with Crippen molar-refractivity contribution in [2.75, 3.05) is 6.61 Å². The van der Waals surface area contributed by atoms with Crippen molar-refractivity contribution in [2.24, 2.45) is 5.41 Å². The van der Waals surface area contributed by atoms with Crippen LogP contribution in [-0.4, -0.2) is 11.7 Å². The fraction of sp³-hybridized carbons (Fsp3) is 0.455. The van der Waals surface area contributed by atoms with E-state index >= 15 is 0 Å². The van der Waals surface area contributed by atoms with Crippen LogP contribution in [0.3, 0.4) is 0 Å². The third-order valence-electron chi connectivity index (χ3n) is 2.87. The summed E-state index contributed by atoms with van der Waals surface area (Å²) in [7, 11) is 0. The van der Waals surface area contributed by atoms with Crippen LogP contribution in [0, 0.1) is 11.2 Å². The van der Waals surface area contributed by atoms with Gasteiger partial charge in [-0.25, -0.2) is 4.39 Å². The summed E-state index contributed by atoms with van der Waals surface area (Å²) in [5.74, 6) is -0.211. The summed E-state index contributed by atoms with van der Waals surface area (Å²) in [6.07, 6.45) is 2.86. The fourth-order valence-corrected chi connectivity index (χ4v) is 2.04. The highest BCUT2D eigenvalue weighted by Gasteiger charge is 2.42. The summed E-state index contributed by atoms with van der Waals surface area (Å²) in [5, 5.41) is 9.17. The minimum atomic E-state index is -0.211. The van der Waals surface area contributed by atoms with E-state index in [2.05, 4.69) is 15.9 Å². The number of aliphatic hydroxyl groups excluding tert-OH is 1. The van der Waals surface area contributed by atoms with Crippen molar-refractivity contribution in [3.8, 4) is 0 Å². The molecule has 1 aromatic rings. The number of benzene rings is 1. The van der Waals surface area contributed by atoms with Crippen molar-refractivity contribution in [1.82, 2.24) is 0 Å². The molecular formula is C11H12BrFO. The molecule has 1 aliphatic carbocycles. The number of hydrogen-bond donors (Lipinski definition) is 1. The van der Waals surface area contributed by atoms with Crippen molar-refractivity contribution in [1.29, 1.82) is 0 Å². The van der Waals surface area contributed by atoms with Gasteiger partial charge in [-0.1, -0.05) is 15.9 Å². The molecule has 0 amide bonds. The average Bonchev–Trinajstić information content (AvgIpc) is 2.92. The Morgan fingerprint density at radius 1 is 1.43 bits per heavy atom. The smallest absolute Gasteiger partial charge is 0.123 e. The highest BCUT2D eigenvalue weighted by atomic mass is 79.9. The number of aliphatic hydroxyl groups is 1. The van der Waals surface area contributed by atoms with E-state index in [9.17, 15) is 4.39 Å². The molecule has 0 radical (unpaired) electrons. The SMILES string of the molecule is OCC1(Cc2cc(F)ccc2Br)CC1. The summed E-state index contributed by atoms with van der Waals surface area (Å²) in [5.41, 5.74) is 0.993. The van der Waals surface area contributed by atoms with Gasteiger partial charge in [0.15, 0.2) is 0 Å². The van der Waals surface area contributed by atoms with Gasteiger partial charge in [0.05, 0.1) is 0 Å². The Morgan fingerprint density at radius 3 is 2.71 bits per heavy atom. The first-order valence-electron chi connectivity index (χ1n) is 4.70. The summed E-state index contributed by atoms with van der Waals surface area (Å²) in [6.45, 7) is 0.204. The van der Waals surface area contributed by atoms with Crippen LogP contribution in [0.4, 0.5) is 4.39 Å². The van der Waals surface area contributed by atoms with Gasteiger partial charge in [-0.2, -0.15) is 0 Å². The Hall–Kier alpha value is -0.410. The zero-order valence-electron chi connectivity index (χ0n) is 7.76. The van der Waals surface area contributed by atoms with Gasteiger partial charge in [0, 0.05) is 11.1 Å². The molecule has 76 valence electrons. The molecule has 14 heavy (non-hydrogen) atoms. The van der Waals surface area contributed by atoms with Crippen LogP contribution in [0.2, 0.25) is 0 Å². The van der Waals surface area contributed by atoms with Crippen molar-refractivity contribution < 1.29 is 9.50 Å². The molecule has 2 rings (SSSR count). The monoisotopic (exact) mass is 258 g/mol. The third-order valence-corrected chi connectivity index (χ3v) is 3.64. The lowest BCUT2D eigenvalue weighted by molar-refractivity contribution is 0.211. The minimum Gasteiger partial charge on any atom is -0.396 e. The largest absolute Gasteiger partial charge is 0.396 e. The van der Waals surface area contributed by atoms with Crippen LogP contribution >= 0.6 is 15.9 Å².